The molecule has 1 aromatic carbocycles. The summed E-state index contributed by atoms with van der Waals surface area (Å²) < 4.78 is 32.1. The van der Waals surface area contributed by atoms with Crippen molar-refractivity contribution in [2.45, 2.75) is 25.4 Å². The minimum absolute atomic E-state index is 0.0381. The van der Waals surface area contributed by atoms with Crippen LogP contribution in [-0.2, 0) is 6.54 Å². The molecule has 1 atom stereocenters. The monoisotopic (exact) mass is 371 g/mol. The van der Waals surface area contributed by atoms with Gasteiger partial charge < -0.3 is 9.84 Å². The number of rotatable bonds is 5. The second-order valence-corrected chi connectivity index (χ2v) is 6.52. The van der Waals surface area contributed by atoms with Gasteiger partial charge in [-0.05, 0) is 49.2 Å². The Labute approximate surface area is 155 Å². The van der Waals surface area contributed by atoms with Crippen LogP contribution in [0.3, 0.4) is 0 Å². The number of hydrogen-bond donors (Lipinski definition) is 1. The third-order valence-electron chi connectivity index (χ3n) is 4.74. The fourth-order valence-corrected chi connectivity index (χ4v) is 3.33. The lowest BCUT2D eigenvalue weighted by Gasteiger charge is -2.21. The third-order valence-corrected chi connectivity index (χ3v) is 4.74. The largest absolute Gasteiger partial charge is 0.373 e. The zero-order chi connectivity index (χ0) is 18.8. The molecule has 3 aromatic rings. The van der Waals surface area contributed by atoms with E-state index in [1.165, 1.54) is 6.07 Å². The Balaban J connectivity index is 1.51. The maximum absolute atomic E-state index is 13.5. The van der Waals surface area contributed by atoms with E-state index in [0.29, 0.717) is 23.8 Å². The van der Waals surface area contributed by atoms with E-state index >= 15 is 0 Å². The van der Waals surface area contributed by atoms with Crippen molar-refractivity contribution in [3.8, 4) is 11.4 Å². The first-order valence-electron chi connectivity index (χ1n) is 8.80. The zero-order valence-corrected chi connectivity index (χ0v) is 14.8. The lowest BCUT2D eigenvalue weighted by molar-refractivity contribution is 0.201. The van der Waals surface area contributed by atoms with Crippen molar-refractivity contribution in [1.29, 1.82) is 0 Å². The molecule has 0 aliphatic carbocycles. The van der Waals surface area contributed by atoms with E-state index in [0.717, 1.165) is 36.8 Å². The van der Waals surface area contributed by atoms with Crippen LogP contribution in [0.25, 0.3) is 11.4 Å². The molecule has 1 N–H and O–H groups in total. The Morgan fingerprint density at radius 3 is 2.85 bits per heavy atom. The maximum Gasteiger partial charge on any atom is 0.244 e. The van der Waals surface area contributed by atoms with Gasteiger partial charge in [-0.25, -0.2) is 13.8 Å². The first-order chi connectivity index (χ1) is 13.1. The number of anilines is 1. The summed E-state index contributed by atoms with van der Waals surface area (Å²) in [5.74, 6) is 0.107. The van der Waals surface area contributed by atoms with Gasteiger partial charge in [-0.1, -0.05) is 11.2 Å². The van der Waals surface area contributed by atoms with Crippen molar-refractivity contribution in [1.82, 2.24) is 20.0 Å². The minimum Gasteiger partial charge on any atom is -0.373 e. The summed E-state index contributed by atoms with van der Waals surface area (Å²) in [4.78, 5) is 10.9. The van der Waals surface area contributed by atoms with Gasteiger partial charge in [-0.15, -0.1) is 0 Å². The molecule has 0 radical (unpaired) electrons. The van der Waals surface area contributed by atoms with E-state index in [1.54, 1.807) is 19.3 Å². The Morgan fingerprint density at radius 1 is 1.22 bits per heavy atom. The van der Waals surface area contributed by atoms with Crippen LogP contribution in [0.2, 0.25) is 0 Å². The normalized spacial score (nSPS) is 17.4. The van der Waals surface area contributed by atoms with Gasteiger partial charge in [-0.2, -0.15) is 4.98 Å². The lowest BCUT2D eigenvalue weighted by Crippen LogP contribution is -2.23. The summed E-state index contributed by atoms with van der Waals surface area (Å²) in [5.41, 5.74) is 1.49. The minimum atomic E-state index is -0.837. The van der Waals surface area contributed by atoms with E-state index in [1.807, 2.05) is 12.1 Å². The SMILES string of the molecule is CNc1ccc(-c2noc([C@@H]3CCCN3Cc3ccc(F)c(F)c3)n2)cn1. The zero-order valence-electron chi connectivity index (χ0n) is 14.8. The number of hydrogen-bond acceptors (Lipinski definition) is 6. The second kappa shape index (κ2) is 7.40. The van der Waals surface area contributed by atoms with Gasteiger partial charge in [0, 0.05) is 25.4 Å². The predicted molar refractivity (Wildman–Crippen MR) is 95.8 cm³/mol. The molecule has 1 saturated heterocycles. The number of pyridine rings is 1. The van der Waals surface area contributed by atoms with Crippen LogP contribution in [0.4, 0.5) is 14.6 Å². The van der Waals surface area contributed by atoms with Gasteiger partial charge in [0.15, 0.2) is 11.6 Å². The summed E-state index contributed by atoms with van der Waals surface area (Å²) >= 11 is 0. The van der Waals surface area contributed by atoms with Gasteiger partial charge in [-0.3, -0.25) is 4.90 Å². The molecule has 4 rings (SSSR count). The Morgan fingerprint density at radius 2 is 2.11 bits per heavy atom. The Bertz CT molecular complexity index is 928. The quantitative estimate of drug-likeness (QED) is 0.736. The van der Waals surface area contributed by atoms with E-state index < -0.39 is 11.6 Å². The number of aromatic nitrogens is 3. The van der Waals surface area contributed by atoms with Crippen LogP contribution in [0.15, 0.2) is 41.1 Å². The van der Waals surface area contributed by atoms with Crippen LogP contribution in [0.1, 0.15) is 30.3 Å². The maximum atomic E-state index is 13.5. The van der Waals surface area contributed by atoms with Gasteiger partial charge in [0.2, 0.25) is 11.7 Å². The molecule has 8 heteroatoms. The number of halogens is 2. The average molecular weight is 371 g/mol. The fraction of sp³-hybridized carbons (Fsp3) is 0.316. The molecule has 0 bridgehead atoms. The van der Waals surface area contributed by atoms with Crippen LogP contribution in [0, 0.1) is 11.6 Å². The van der Waals surface area contributed by atoms with E-state index in [4.69, 9.17) is 4.52 Å². The van der Waals surface area contributed by atoms with E-state index in [-0.39, 0.29) is 6.04 Å². The lowest BCUT2D eigenvalue weighted by atomic mass is 10.1. The third kappa shape index (κ3) is 3.66. The summed E-state index contributed by atoms with van der Waals surface area (Å²) in [6.45, 7) is 1.33. The molecule has 1 aliphatic rings. The number of likely N-dealkylation sites (tertiary alicyclic amines) is 1. The topological polar surface area (TPSA) is 67.1 Å². The van der Waals surface area contributed by atoms with Gasteiger partial charge in [0.25, 0.3) is 0 Å². The van der Waals surface area contributed by atoms with E-state index in [9.17, 15) is 8.78 Å². The molecule has 0 amide bonds. The summed E-state index contributed by atoms with van der Waals surface area (Å²) in [6, 6.07) is 7.67. The number of nitrogens with zero attached hydrogens (tertiary/aromatic N) is 4. The average Bonchev–Trinajstić information content (AvgIpc) is 3.34. The van der Waals surface area contributed by atoms with Crippen molar-refractivity contribution in [2.24, 2.45) is 0 Å². The summed E-state index contributed by atoms with van der Waals surface area (Å²) in [7, 11) is 1.80. The van der Waals surface area contributed by atoms with Crippen LogP contribution in [0.5, 0.6) is 0 Å². The molecular weight excluding hydrogens is 352 g/mol. The molecule has 3 heterocycles. The molecule has 1 fully saturated rings. The smallest absolute Gasteiger partial charge is 0.244 e. The summed E-state index contributed by atoms with van der Waals surface area (Å²) in [5, 5.41) is 7.03. The molecule has 27 heavy (non-hydrogen) atoms. The van der Waals surface area contributed by atoms with Crippen LogP contribution in [-0.4, -0.2) is 33.6 Å². The standard InChI is InChI=1S/C19H19F2N5O/c1-22-17-7-5-13(10-23-17)18-24-19(27-25-18)16-3-2-8-26(16)11-12-4-6-14(20)15(21)9-12/h4-7,9-10,16H,2-3,8,11H2,1H3,(H,22,23)/t16-/m0/s1. The first kappa shape index (κ1) is 17.5. The number of nitrogens with one attached hydrogen (secondary N) is 1. The van der Waals surface area contributed by atoms with Crippen molar-refractivity contribution >= 4 is 5.82 Å². The molecule has 2 aromatic heterocycles. The Hall–Kier alpha value is -2.87. The number of benzene rings is 1. The van der Waals surface area contributed by atoms with Gasteiger partial charge in [0.1, 0.15) is 5.82 Å². The fourth-order valence-electron chi connectivity index (χ4n) is 3.33. The predicted octanol–water partition coefficient (Wildman–Crippen LogP) is 3.79. The van der Waals surface area contributed by atoms with Crippen molar-refractivity contribution < 1.29 is 13.3 Å². The van der Waals surface area contributed by atoms with Gasteiger partial charge >= 0.3 is 0 Å². The molecule has 1 aliphatic heterocycles. The molecule has 0 spiro atoms. The van der Waals surface area contributed by atoms with Gasteiger partial charge in [0.05, 0.1) is 6.04 Å². The van der Waals surface area contributed by atoms with E-state index in [2.05, 4.69) is 25.3 Å². The molecule has 0 saturated carbocycles. The second-order valence-electron chi connectivity index (χ2n) is 6.52. The van der Waals surface area contributed by atoms with Crippen LogP contribution >= 0.6 is 0 Å². The van der Waals surface area contributed by atoms with Crippen LogP contribution < -0.4 is 5.32 Å². The first-order valence-corrected chi connectivity index (χ1v) is 8.80. The Kier molecular flexibility index (Phi) is 4.81. The highest BCUT2D eigenvalue weighted by Crippen LogP contribution is 2.33. The highest BCUT2D eigenvalue weighted by Gasteiger charge is 2.31. The molecular formula is C19H19F2N5O. The highest BCUT2D eigenvalue weighted by atomic mass is 19.2. The summed E-state index contributed by atoms with van der Waals surface area (Å²) in [6.07, 6.45) is 3.54. The molecule has 140 valence electrons. The molecule has 0 unspecified atom stereocenters. The highest BCUT2D eigenvalue weighted by molar-refractivity contribution is 5.55. The molecule has 6 nitrogen and oxygen atoms in total. The van der Waals surface area contributed by atoms with Crippen molar-refractivity contribution in [3.63, 3.8) is 0 Å². The van der Waals surface area contributed by atoms with Crippen molar-refractivity contribution in [2.75, 3.05) is 18.9 Å². The van der Waals surface area contributed by atoms with Crippen molar-refractivity contribution in [3.05, 3.63) is 59.6 Å².